The largest absolute Gasteiger partial charge is 1.00 e. The Morgan fingerprint density at radius 1 is 0.833 bits per heavy atom. The molecule has 2 amide bonds. The Hall–Kier alpha value is -3.75. The Morgan fingerprint density at radius 3 is 1.75 bits per heavy atom. The van der Waals surface area contributed by atoms with Crippen molar-refractivity contribution < 1.29 is 40.7 Å². The lowest BCUT2D eigenvalue weighted by Crippen LogP contribution is -3.00. The Kier molecular flexibility index (Phi) is 11.0. The molecule has 0 spiro atoms. The molecule has 3 atom stereocenters. The van der Waals surface area contributed by atoms with E-state index in [0.717, 1.165) is 21.5 Å². The van der Waals surface area contributed by atoms with Crippen LogP contribution in [0.5, 0.6) is 0 Å². The zero-order valence-electron chi connectivity index (χ0n) is 27.0. The minimum Gasteiger partial charge on any atom is -1.00 e. The van der Waals surface area contributed by atoms with E-state index in [4.69, 9.17) is 4.74 Å². The summed E-state index contributed by atoms with van der Waals surface area (Å²) in [6, 6.07) is 38.9. The second-order valence-corrected chi connectivity index (χ2v) is 17.8. The predicted octanol–water partition coefficient (Wildman–Crippen LogP) is 1.24. The van der Waals surface area contributed by atoms with Crippen LogP contribution in [0, 0.1) is 0 Å². The fraction of sp³-hybridized carbons (Fsp3) is 0.237. The standard InChI is InChI=1S/C38H37N2O5PS.BrH/c1-38(2,3)45-37(43)34-28(26-47(44)36-33(35(42)40(34)36)39-32(41)24-27-16-8-4-9-17-27)25-46(29-18-10-5-11-19-29,30-20-12-6-13-21-30)31-22-14-7-15-23-31;/h4-23,33,36H,24-26H2,1-3H3;1H/t33-,36-,47+;/m1./s1. The van der Waals surface area contributed by atoms with E-state index in [1.807, 2.05) is 84.9 Å². The molecular weight excluding hydrogens is 707 g/mol. The van der Waals surface area contributed by atoms with Crippen LogP contribution in [0.3, 0.4) is 0 Å². The monoisotopic (exact) mass is 744 g/mol. The van der Waals surface area contributed by atoms with Crippen LogP contribution in [-0.4, -0.2) is 56.2 Å². The number of ether oxygens (including phenoxy) is 1. The second kappa shape index (κ2) is 14.8. The number of rotatable bonds is 9. The summed E-state index contributed by atoms with van der Waals surface area (Å²) in [5.74, 6) is -1.38. The molecule has 7 nitrogen and oxygen atoms in total. The van der Waals surface area contributed by atoms with Crippen molar-refractivity contribution in [3.8, 4) is 0 Å². The first-order valence-corrected chi connectivity index (χ1v) is 19.0. The van der Waals surface area contributed by atoms with Gasteiger partial charge in [-0.25, -0.2) is 4.79 Å². The van der Waals surface area contributed by atoms with Crippen molar-refractivity contribution in [3.05, 3.63) is 138 Å². The number of carbonyl (C=O) groups is 3. The fourth-order valence-electron chi connectivity index (χ4n) is 6.35. The smallest absolute Gasteiger partial charge is 0.356 e. The molecule has 6 rings (SSSR count). The number of nitrogens with zero attached hydrogens (tertiary/aromatic N) is 1. The minimum atomic E-state index is -2.50. The van der Waals surface area contributed by atoms with Gasteiger partial charge in [0.05, 0.1) is 6.42 Å². The highest BCUT2D eigenvalue weighted by atomic mass is 79.9. The van der Waals surface area contributed by atoms with Gasteiger partial charge < -0.3 is 31.6 Å². The molecule has 2 aliphatic rings. The molecule has 2 aliphatic heterocycles. The quantitative estimate of drug-likeness (QED) is 0.121. The molecular formula is C38H38BrN2O5PS. The zero-order chi connectivity index (χ0) is 33.2. The number of β-lactam (4-membered cyclic amide) rings is 1. The van der Waals surface area contributed by atoms with Gasteiger partial charge in [-0.2, -0.15) is 0 Å². The Morgan fingerprint density at radius 2 is 1.29 bits per heavy atom. The number of amides is 2. The molecule has 0 aliphatic carbocycles. The summed E-state index contributed by atoms with van der Waals surface area (Å²) >= 11 is -1.59. The van der Waals surface area contributed by atoms with Gasteiger partial charge in [-0.1, -0.05) is 84.9 Å². The number of benzene rings is 4. The van der Waals surface area contributed by atoms with E-state index in [0.29, 0.717) is 11.7 Å². The number of esters is 1. The number of hydrogen-bond acceptors (Lipinski definition) is 5. The van der Waals surface area contributed by atoms with E-state index in [9.17, 15) is 18.9 Å². The molecule has 0 saturated carbocycles. The minimum absolute atomic E-state index is 0. The molecule has 1 fully saturated rings. The maximum absolute atomic E-state index is 14.1. The molecule has 0 radical (unpaired) electrons. The van der Waals surface area contributed by atoms with E-state index in [-0.39, 0.29) is 40.8 Å². The Balaban J connectivity index is 0.00000451. The molecule has 0 aromatic heterocycles. The number of carbonyl (C=O) groups excluding carboxylic acids is 3. The lowest BCUT2D eigenvalue weighted by Gasteiger charge is -2.49. The number of nitrogens with one attached hydrogen (secondary N) is 1. The van der Waals surface area contributed by atoms with E-state index >= 15 is 0 Å². The van der Waals surface area contributed by atoms with E-state index < -0.39 is 47.3 Å². The van der Waals surface area contributed by atoms with Crippen LogP contribution in [0.2, 0.25) is 0 Å². The predicted molar refractivity (Wildman–Crippen MR) is 189 cm³/mol. The van der Waals surface area contributed by atoms with Crippen molar-refractivity contribution in [2.45, 2.75) is 44.2 Å². The van der Waals surface area contributed by atoms with E-state index in [2.05, 4.69) is 41.7 Å². The van der Waals surface area contributed by atoms with Crippen LogP contribution < -0.4 is 38.2 Å². The zero-order valence-corrected chi connectivity index (χ0v) is 30.3. The van der Waals surface area contributed by atoms with Gasteiger partial charge in [-0.15, -0.1) is 0 Å². The lowest BCUT2D eigenvalue weighted by molar-refractivity contribution is -0.159. The molecule has 1 N–H and O–H groups in total. The SMILES string of the molecule is CC(C)(C)OC(=O)C1=C(C[P+](c2ccccc2)(c2ccccc2)c2ccccc2)C[S@+]([O-])[C@@H]2[C@H](NC(=O)Cc3ccccc3)C(=O)N12.[Br-]. The Labute approximate surface area is 296 Å². The molecule has 48 heavy (non-hydrogen) atoms. The average Bonchev–Trinajstić information content (AvgIpc) is 3.06. The van der Waals surface area contributed by atoms with Gasteiger partial charge in [0, 0.05) is 5.57 Å². The van der Waals surface area contributed by atoms with Gasteiger partial charge in [0.15, 0.2) is 6.04 Å². The van der Waals surface area contributed by atoms with Crippen molar-refractivity contribution in [2.75, 3.05) is 11.9 Å². The van der Waals surface area contributed by atoms with Crippen LogP contribution in [0.1, 0.15) is 26.3 Å². The van der Waals surface area contributed by atoms with Gasteiger partial charge in [0.25, 0.3) is 5.91 Å². The second-order valence-electron chi connectivity index (χ2n) is 12.8. The van der Waals surface area contributed by atoms with Crippen molar-refractivity contribution in [1.82, 2.24) is 10.2 Å². The van der Waals surface area contributed by atoms with E-state index in [1.54, 1.807) is 20.8 Å². The Bertz CT molecular complexity index is 1690. The summed E-state index contributed by atoms with van der Waals surface area (Å²) in [6.07, 6.45) is 0.467. The molecule has 1 saturated heterocycles. The summed E-state index contributed by atoms with van der Waals surface area (Å²) in [6.45, 7) is 5.34. The van der Waals surface area contributed by atoms with Gasteiger partial charge in [-0.05, 0) is 73.9 Å². The van der Waals surface area contributed by atoms with Crippen molar-refractivity contribution in [3.63, 3.8) is 0 Å². The third-order valence-electron chi connectivity index (χ3n) is 8.34. The highest BCUT2D eigenvalue weighted by Gasteiger charge is 2.62. The van der Waals surface area contributed by atoms with Crippen LogP contribution in [0.4, 0.5) is 0 Å². The highest BCUT2D eigenvalue weighted by Crippen LogP contribution is 2.58. The van der Waals surface area contributed by atoms with Gasteiger partial charge in [-0.3, -0.25) is 14.5 Å². The third-order valence-corrected chi connectivity index (χ3v) is 14.4. The topological polar surface area (TPSA) is 98.8 Å². The summed E-state index contributed by atoms with van der Waals surface area (Å²) in [5, 5.41) is 5.23. The van der Waals surface area contributed by atoms with Crippen molar-refractivity contribution in [2.24, 2.45) is 0 Å². The van der Waals surface area contributed by atoms with Gasteiger partial charge in [0.1, 0.15) is 46.4 Å². The first-order chi connectivity index (χ1) is 22.6. The summed E-state index contributed by atoms with van der Waals surface area (Å²) in [4.78, 5) is 42.3. The van der Waals surface area contributed by atoms with E-state index in [1.165, 1.54) is 4.90 Å². The number of hydrogen-bond donors (Lipinski definition) is 1. The third kappa shape index (κ3) is 7.15. The maximum atomic E-state index is 14.1. The summed E-state index contributed by atoms with van der Waals surface area (Å²) in [5.41, 5.74) is 0.720. The first kappa shape index (κ1) is 35.6. The molecule has 4 aromatic carbocycles. The normalized spacial score (nSPS) is 19.0. The summed E-state index contributed by atoms with van der Waals surface area (Å²) < 4.78 is 20.0. The summed E-state index contributed by atoms with van der Waals surface area (Å²) in [7, 11) is -2.50. The highest BCUT2D eigenvalue weighted by molar-refractivity contribution is 7.96. The van der Waals surface area contributed by atoms with Gasteiger partial charge >= 0.3 is 5.97 Å². The molecule has 0 bridgehead atoms. The number of fused-ring (bicyclic) bond motifs is 1. The molecule has 248 valence electrons. The van der Waals surface area contributed by atoms with Crippen LogP contribution in [-0.2, 0) is 36.7 Å². The molecule has 0 unspecified atom stereocenters. The van der Waals surface area contributed by atoms with Crippen LogP contribution >= 0.6 is 7.26 Å². The average molecular weight is 746 g/mol. The van der Waals surface area contributed by atoms with Crippen molar-refractivity contribution in [1.29, 1.82) is 0 Å². The maximum Gasteiger partial charge on any atom is 0.356 e. The molecule has 4 aromatic rings. The fourth-order valence-corrected chi connectivity index (χ4v) is 12.5. The molecule has 10 heteroatoms. The van der Waals surface area contributed by atoms with Crippen LogP contribution in [0.15, 0.2) is 133 Å². The number of halogens is 1. The first-order valence-electron chi connectivity index (χ1n) is 15.6. The van der Waals surface area contributed by atoms with Gasteiger partial charge in [0.2, 0.25) is 11.3 Å². The lowest BCUT2D eigenvalue weighted by atomic mass is 10.0. The van der Waals surface area contributed by atoms with Crippen LogP contribution in [0.25, 0.3) is 0 Å². The molecule has 2 heterocycles. The van der Waals surface area contributed by atoms with Crippen molar-refractivity contribution >= 4 is 52.1 Å².